The molecule has 176 valence electrons. The highest BCUT2D eigenvalue weighted by Gasteiger charge is 2.48. The molecule has 0 amide bonds. The molecule has 1 fully saturated rings. The molecule has 0 saturated heterocycles. The lowest BCUT2D eigenvalue weighted by Gasteiger charge is -2.40. The quantitative estimate of drug-likeness (QED) is 0.493. The molecule has 1 aliphatic heterocycles. The van der Waals surface area contributed by atoms with E-state index in [4.69, 9.17) is 21.1 Å². The average molecular weight is 481 g/mol. The fourth-order valence-electron chi connectivity index (χ4n) is 4.18. The summed E-state index contributed by atoms with van der Waals surface area (Å²) in [6, 6.07) is 8.31. The summed E-state index contributed by atoms with van der Waals surface area (Å²) in [6.07, 6.45) is -2.64. The van der Waals surface area contributed by atoms with Gasteiger partial charge in [-0.3, -0.25) is 4.79 Å². The largest absolute Gasteiger partial charge is 0.508 e. The number of Topliss-reactive ketones (excluding diaryl/α,β-unsaturated/α-hetero) is 1. The second-order valence-corrected chi connectivity index (χ2v) is 9.85. The zero-order chi connectivity index (χ0) is 24.3. The highest BCUT2D eigenvalue weighted by Crippen LogP contribution is 2.48. The maximum absolute atomic E-state index is 13.3. The Morgan fingerprint density at radius 3 is 2.21 bits per heavy atom. The first kappa shape index (κ1) is 23.6. The van der Waals surface area contributed by atoms with E-state index in [9.17, 15) is 23.1 Å². The zero-order valence-corrected chi connectivity index (χ0v) is 19.4. The van der Waals surface area contributed by atoms with Crippen LogP contribution in [0.5, 0.6) is 11.5 Å². The van der Waals surface area contributed by atoms with Crippen molar-refractivity contribution in [3.63, 3.8) is 0 Å². The summed E-state index contributed by atoms with van der Waals surface area (Å²) < 4.78 is 50.6. The summed E-state index contributed by atoms with van der Waals surface area (Å²) in [6.45, 7) is 6.70. The standard InChI is InChI=1S/C25H24ClF3O4/c1-23(2)21(30)20(22(31)24(3,4)33-23)17-11-14(7-9-16(17)13-5-6-13)32-15-8-10-18(19(26)12-15)25(27,28)29/h7-13,30H,5-6H2,1-4H3. The van der Waals surface area contributed by atoms with Gasteiger partial charge in [-0.05, 0) is 81.8 Å². The number of carbonyl (C=O) groups is 1. The number of ketones is 1. The van der Waals surface area contributed by atoms with Gasteiger partial charge < -0.3 is 14.6 Å². The number of hydrogen-bond acceptors (Lipinski definition) is 4. The fourth-order valence-corrected chi connectivity index (χ4v) is 4.46. The Labute approximate surface area is 195 Å². The van der Waals surface area contributed by atoms with Gasteiger partial charge in [-0.1, -0.05) is 17.7 Å². The molecule has 1 saturated carbocycles. The molecule has 33 heavy (non-hydrogen) atoms. The van der Waals surface area contributed by atoms with Crippen molar-refractivity contribution in [1.29, 1.82) is 0 Å². The highest BCUT2D eigenvalue weighted by atomic mass is 35.5. The third kappa shape index (κ3) is 4.49. The van der Waals surface area contributed by atoms with E-state index in [1.165, 1.54) is 6.07 Å². The molecule has 0 unspecified atom stereocenters. The summed E-state index contributed by atoms with van der Waals surface area (Å²) in [5.74, 6) is 0.173. The van der Waals surface area contributed by atoms with Crippen LogP contribution in [0.3, 0.4) is 0 Å². The van der Waals surface area contributed by atoms with Crippen LogP contribution in [0.25, 0.3) is 5.57 Å². The Morgan fingerprint density at radius 2 is 1.64 bits per heavy atom. The Morgan fingerprint density at radius 1 is 1.03 bits per heavy atom. The van der Waals surface area contributed by atoms with E-state index in [1.807, 2.05) is 6.07 Å². The number of alkyl halides is 3. The molecule has 2 aliphatic rings. The first-order valence-corrected chi connectivity index (χ1v) is 11.0. The predicted molar refractivity (Wildman–Crippen MR) is 119 cm³/mol. The van der Waals surface area contributed by atoms with Crippen molar-refractivity contribution >= 4 is 23.0 Å². The van der Waals surface area contributed by atoms with Gasteiger partial charge in [-0.15, -0.1) is 0 Å². The molecule has 0 aromatic heterocycles. The number of halogens is 4. The van der Waals surface area contributed by atoms with Gasteiger partial charge in [-0.25, -0.2) is 0 Å². The first-order chi connectivity index (χ1) is 15.2. The van der Waals surface area contributed by atoms with Gasteiger partial charge in [0.25, 0.3) is 0 Å². The Balaban J connectivity index is 1.78. The van der Waals surface area contributed by atoms with Gasteiger partial charge in [0.1, 0.15) is 28.5 Å². The van der Waals surface area contributed by atoms with Crippen LogP contribution in [0.4, 0.5) is 13.2 Å². The van der Waals surface area contributed by atoms with Crippen molar-refractivity contribution in [2.24, 2.45) is 0 Å². The monoisotopic (exact) mass is 480 g/mol. The minimum Gasteiger partial charge on any atom is -0.508 e. The Bertz CT molecular complexity index is 1160. The van der Waals surface area contributed by atoms with Gasteiger partial charge in [0, 0.05) is 6.07 Å². The molecule has 0 atom stereocenters. The zero-order valence-electron chi connectivity index (χ0n) is 18.6. The van der Waals surface area contributed by atoms with Gasteiger partial charge in [0.15, 0.2) is 5.78 Å². The van der Waals surface area contributed by atoms with E-state index < -0.39 is 28.0 Å². The van der Waals surface area contributed by atoms with Gasteiger partial charge in [-0.2, -0.15) is 13.2 Å². The smallest absolute Gasteiger partial charge is 0.417 e. The van der Waals surface area contributed by atoms with Crippen LogP contribution in [0, 0.1) is 0 Å². The molecule has 1 N–H and O–H groups in total. The number of benzene rings is 2. The second-order valence-electron chi connectivity index (χ2n) is 9.44. The molecule has 8 heteroatoms. The topological polar surface area (TPSA) is 55.8 Å². The highest BCUT2D eigenvalue weighted by molar-refractivity contribution is 6.31. The van der Waals surface area contributed by atoms with Crippen molar-refractivity contribution in [2.75, 3.05) is 0 Å². The molecule has 0 bridgehead atoms. The molecule has 1 aliphatic carbocycles. The Hall–Kier alpha value is -2.51. The average Bonchev–Trinajstić information content (AvgIpc) is 3.51. The number of carbonyl (C=O) groups excluding carboxylic acids is 1. The molecule has 2 aromatic rings. The molecular weight excluding hydrogens is 457 g/mol. The third-order valence-electron chi connectivity index (χ3n) is 5.88. The van der Waals surface area contributed by atoms with Crippen LogP contribution in [0.1, 0.15) is 63.1 Å². The molecule has 2 aromatic carbocycles. The SMILES string of the molecule is CC1(C)OC(C)(C)C(O)=C(c2cc(Oc3ccc(C(F)(F)F)c(Cl)c3)ccc2C2CC2)C1=O. The normalized spacial score (nSPS) is 20.2. The molecule has 1 heterocycles. The van der Waals surface area contributed by atoms with Gasteiger partial charge in [0.05, 0.1) is 16.2 Å². The number of hydrogen-bond donors (Lipinski definition) is 1. The number of rotatable bonds is 4. The second kappa shape index (κ2) is 7.77. The summed E-state index contributed by atoms with van der Waals surface area (Å²) in [5.41, 5.74) is -1.55. The van der Waals surface area contributed by atoms with Crippen molar-refractivity contribution in [3.8, 4) is 11.5 Å². The first-order valence-electron chi connectivity index (χ1n) is 10.6. The van der Waals surface area contributed by atoms with Crippen LogP contribution in [-0.2, 0) is 15.7 Å². The maximum atomic E-state index is 13.3. The molecule has 4 rings (SSSR count). The van der Waals surface area contributed by atoms with Crippen molar-refractivity contribution in [2.45, 2.75) is 63.8 Å². The van der Waals surface area contributed by atoms with Crippen LogP contribution >= 0.6 is 11.6 Å². The predicted octanol–water partition coefficient (Wildman–Crippen LogP) is 7.45. The van der Waals surface area contributed by atoms with E-state index in [2.05, 4.69) is 0 Å². The molecule has 0 radical (unpaired) electrons. The van der Waals surface area contributed by atoms with E-state index in [0.29, 0.717) is 11.3 Å². The van der Waals surface area contributed by atoms with E-state index in [0.717, 1.165) is 30.5 Å². The maximum Gasteiger partial charge on any atom is 0.417 e. The van der Waals surface area contributed by atoms with Crippen molar-refractivity contribution in [1.82, 2.24) is 0 Å². The van der Waals surface area contributed by atoms with E-state index in [1.54, 1.807) is 39.8 Å². The minimum atomic E-state index is -4.57. The van der Waals surface area contributed by atoms with E-state index >= 15 is 0 Å². The summed E-state index contributed by atoms with van der Waals surface area (Å²) in [4.78, 5) is 13.3. The van der Waals surface area contributed by atoms with Crippen LogP contribution < -0.4 is 4.74 Å². The van der Waals surface area contributed by atoms with Gasteiger partial charge >= 0.3 is 6.18 Å². The van der Waals surface area contributed by atoms with Gasteiger partial charge in [0.2, 0.25) is 0 Å². The summed E-state index contributed by atoms with van der Waals surface area (Å²) >= 11 is 5.81. The summed E-state index contributed by atoms with van der Waals surface area (Å²) in [5, 5.41) is 10.5. The summed E-state index contributed by atoms with van der Waals surface area (Å²) in [7, 11) is 0. The van der Waals surface area contributed by atoms with E-state index in [-0.39, 0.29) is 28.8 Å². The number of aliphatic hydroxyl groups excluding tert-OH is 1. The molecule has 0 spiro atoms. The minimum absolute atomic E-state index is 0.121. The fraction of sp³-hybridized carbons (Fsp3) is 0.400. The lowest BCUT2D eigenvalue weighted by atomic mass is 9.81. The van der Waals surface area contributed by atoms with Crippen molar-refractivity contribution < 1.29 is 32.5 Å². The van der Waals surface area contributed by atoms with Crippen LogP contribution in [0.2, 0.25) is 5.02 Å². The third-order valence-corrected chi connectivity index (χ3v) is 6.20. The molecule has 4 nitrogen and oxygen atoms in total. The lowest BCUT2D eigenvalue weighted by molar-refractivity contribution is -0.158. The lowest BCUT2D eigenvalue weighted by Crippen LogP contribution is -2.49. The molecular formula is C25H24ClF3O4. The Kier molecular flexibility index (Phi) is 5.57. The number of ether oxygens (including phenoxy) is 2. The van der Waals surface area contributed by atoms with Crippen LogP contribution in [-0.4, -0.2) is 22.1 Å². The van der Waals surface area contributed by atoms with Crippen molar-refractivity contribution in [3.05, 3.63) is 63.9 Å². The number of aliphatic hydroxyl groups is 1. The van der Waals surface area contributed by atoms with Crippen LogP contribution in [0.15, 0.2) is 42.2 Å².